The van der Waals surface area contributed by atoms with Crippen LogP contribution in [0, 0.1) is 0 Å². The molecule has 1 saturated carbocycles. The van der Waals surface area contributed by atoms with E-state index in [1.54, 1.807) is 24.3 Å². The van der Waals surface area contributed by atoms with Gasteiger partial charge in [-0.3, -0.25) is 4.79 Å². The molecule has 1 aliphatic carbocycles. The molecule has 1 aromatic rings. The molecule has 2 rings (SSSR count). The highest BCUT2D eigenvalue weighted by Gasteiger charge is 2.57. The fraction of sp³-hybridized carbons (Fsp3) is 0.364. The van der Waals surface area contributed by atoms with Crippen molar-refractivity contribution in [3.05, 3.63) is 35.9 Å². The highest BCUT2D eigenvalue weighted by Crippen LogP contribution is 2.49. The van der Waals surface area contributed by atoms with Crippen molar-refractivity contribution in [1.82, 2.24) is 5.32 Å². The average molecular weight is 209 g/mol. The summed E-state index contributed by atoms with van der Waals surface area (Å²) in [6.07, 6.45) is 0.281. The van der Waals surface area contributed by atoms with E-state index in [-0.39, 0.29) is 6.42 Å². The van der Waals surface area contributed by atoms with E-state index >= 15 is 0 Å². The number of carbonyl (C=O) groups excluding carboxylic acids is 1. The van der Waals surface area contributed by atoms with Crippen LogP contribution in [0.25, 0.3) is 0 Å². The van der Waals surface area contributed by atoms with Crippen molar-refractivity contribution in [2.24, 2.45) is 0 Å². The van der Waals surface area contributed by atoms with E-state index in [2.05, 4.69) is 5.32 Å². The lowest BCUT2D eigenvalue weighted by atomic mass is 10.1. The standard InChI is InChI=1S/C11H12FNO2/c12-11(8-4-2-1-3-5-8)6-9(11)13-10(15)7-14/h1-5,9,14H,6-7H2,(H,13,15). The summed E-state index contributed by atoms with van der Waals surface area (Å²) in [7, 11) is 0. The van der Waals surface area contributed by atoms with E-state index in [1.807, 2.05) is 6.07 Å². The second-order valence-electron chi connectivity index (χ2n) is 3.71. The van der Waals surface area contributed by atoms with Gasteiger partial charge >= 0.3 is 0 Å². The van der Waals surface area contributed by atoms with Crippen LogP contribution in [0.5, 0.6) is 0 Å². The minimum atomic E-state index is -1.45. The molecule has 15 heavy (non-hydrogen) atoms. The first kappa shape index (κ1) is 10.1. The largest absolute Gasteiger partial charge is 0.387 e. The van der Waals surface area contributed by atoms with Gasteiger partial charge in [-0.05, 0) is 5.56 Å². The molecule has 0 radical (unpaired) electrons. The van der Waals surface area contributed by atoms with Gasteiger partial charge in [-0.1, -0.05) is 30.3 Å². The molecule has 2 atom stereocenters. The fourth-order valence-corrected chi connectivity index (χ4v) is 1.68. The second-order valence-corrected chi connectivity index (χ2v) is 3.71. The van der Waals surface area contributed by atoms with Gasteiger partial charge in [-0.15, -0.1) is 0 Å². The SMILES string of the molecule is O=C(CO)NC1CC1(F)c1ccccc1. The van der Waals surface area contributed by atoms with Crippen LogP contribution in [-0.2, 0) is 10.5 Å². The molecule has 0 saturated heterocycles. The van der Waals surface area contributed by atoms with Gasteiger partial charge in [0.25, 0.3) is 0 Å². The van der Waals surface area contributed by atoms with Crippen LogP contribution in [0.3, 0.4) is 0 Å². The molecule has 0 bridgehead atoms. The minimum absolute atomic E-state index is 0.281. The van der Waals surface area contributed by atoms with Crippen molar-refractivity contribution in [1.29, 1.82) is 0 Å². The van der Waals surface area contributed by atoms with Crippen LogP contribution in [-0.4, -0.2) is 23.7 Å². The highest BCUT2D eigenvalue weighted by atomic mass is 19.1. The summed E-state index contributed by atoms with van der Waals surface area (Å²) < 4.78 is 14.1. The van der Waals surface area contributed by atoms with Crippen LogP contribution in [0.2, 0.25) is 0 Å². The molecule has 80 valence electrons. The molecule has 0 aliphatic heterocycles. The Kier molecular flexibility index (Phi) is 2.44. The quantitative estimate of drug-likeness (QED) is 0.771. The average Bonchev–Trinajstić information content (AvgIpc) is 2.92. The normalized spacial score (nSPS) is 28.5. The number of aliphatic hydroxyl groups is 1. The van der Waals surface area contributed by atoms with Crippen molar-refractivity contribution in [3.8, 4) is 0 Å². The smallest absolute Gasteiger partial charge is 0.246 e. The lowest BCUT2D eigenvalue weighted by Gasteiger charge is -2.08. The monoisotopic (exact) mass is 209 g/mol. The third-order valence-corrected chi connectivity index (χ3v) is 2.63. The topological polar surface area (TPSA) is 49.3 Å². The van der Waals surface area contributed by atoms with E-state index < -0.39 is 24.2 Å². The minimum Gasteiger partial charge on any atom is -0.387 e. The summed E-state index contributed by atoms with van der Waals surface area (Å²) in [6, 6.07) is 8.24. The molecule has 1 fully saturated rings. The van der Waals surface area contributed by atoms with Crippen LogP contribution < -0.4 is 5.32 Å². The molecule has 0 heterocycles. The Labute approximate surface area is 86.9 Å². The summed E-state index contributed by atoms with van der Waals surface area (Å²) >= 11 is 0. The van der Waals surface area contributed by atoms with Crippen molar-refractivity contribution in [2.75, 3.05) is 6.61 Å². The lowest BCUT2D eigenvalue weighted by Crippen LogP contribution is -2.31. The molecule has 1 amide bonds. The maximum Gasteiger partial charge on any atom is 0.246 e. The van der Waals surface area contributed by atoms with Crippen molar-refractivity contribution >= 4 is 5.91 Å². The zero-order chi connectivity index (χ0) is 10.9. The van der Waals surface area contributed by atoms with Gasteiger partial charge in [0.05, 0.1) is 6.04 Å². The number of nitrogens with one attached hydrogen (secondary N) is 1. The van der Waals surface area contributed by atoms with Gasteiger partial charge in [0.2, 0.25) is 5.91 Å². The molecular formula is C11H12FNO2. The number of benzene rings is 1. The number of halogens is 1. The van der Waals surface area contributed by atoms with Gasteiger partial charge in [0.1, 0.15) is 6.61 Å². The molecule has 2 N–H and O–H groups in total. The summed E-state index contributed by atoms with van der Waals surface area (Å²) in [4.78, 5) is 10.9. The van der Waals surface area contributed by atoms with Gasteiger partial charge < -0.3 is 10.4 Å². The van der Waals surface area contributed by atoms with Crippen molar-refractivity contribution in [2.45, 2.75) is 18.1 Å². The molecule has 1 aliphatic rings. The van der Waals surface area contributed by atoms with E-state index in [0.717, 1.165) is 0 Å². The Morgan fingerprint density at radius 1 is 1.53 bits per heavy atom. The summed E-state index contributed by atoms with van der Waals surface area (Å²) in [5.41, 5.74) is -0.875. The molecular weight excluding hydrogens is 197 g/mol. The summed E-state index contributed by atoms with van der Waals surface area (Å²) in [5.74, 6) is -0.532. The second kappa shape index (κ2) is 3.62. The van der Waals surface area contributed by atoms with Crippen molar-refractivity contribution in [3.63, 3.8) is 0 Å². The zero-order valence-electron chi connectivity index (χ0n) is 8.11. The molecule has 1 aromatic carbocycles. The van der Waals surface area contributed by atoms with Gasteiger partial charge in [-0.25, -0.2) is 4.39 Å². The van der Waals surface area contributed by atoms with Crippen LogP contribution in [0.1, 0.15) is 12.0 Å². The predicted octanol–water partition coefficient (Wildman–Crippen LogP) is 0.732. The number of alkyl halides is 1. The van der Waals surface area contributed by atoms with Crippen LogP contribution >= 0.6 is 0 Å². The number of amides is 1. The maximum absolute atomic E-state index is 14.1. The third kappa shape index (κ3) is 1.85. The number of hydrogen-bond donors (Lipinski definition) is 2. The number of rotatable bonds is 3. The van der Waals surface area contributed by atoms with E-state index in [9.17, 15) is 9.18 Å². The van der Waals surface area contributed by atoms with E-state index in [4.69, 9.17) is 5.11 Å². The third-order valence-electron chi connectivity index (χ3n) is 2.63. The highest BCUT2D eigenvalue weighted by molar-refractivity contribution is 5.78. The van der Waals surface area contributed by atoms with Crippen LogP contribution in [0.4, 0.5) is 4.39 Å². The number of carbonyl (C=O) groups is 1. The Morgan fingerprint density at radius 2 is 2.20 bits per heavy atom. The first-order chi connectivity index (χ1) is 7.16. The Hall–Kier alpha value is -1.42. The summed E-state index contributed by atoms with van der Waals surface area (Å²) in [5, 5.41) is 10.9. The van der Waals surface area contributed by atoms with Gasteiger partial charge in [-0.2, -0.15) is 0 Å². The molecule has 4 heteroatoms. The molecule has 2 unspecified atom stereocenters. The first-order valence-electron chi connectivity index (χ1n) is 4.81. The Balaban J connectivity index is 2.04. The summed E-state index contributed by atoms with van der Waals surface area (Å²) in [6.45, 7) is -0.596. The van der Waals surface area contributed by atoms with E-state index in [1.165, 1.54) is 0 Å². The molecule has 0 spiro atoms. The Bertz CT molecular complexity index is 368. The van der Waals surface area contributed by atoms with Gasteiger partial charge in [0, 0.05) is 6.42 Å². The van der Waals surface area contributed by atoms with E-state index in [0.29, 0.717) is 5.56 Å². The number of hydrogen-bond acceptors (Lipinski definition) is 2. The van der Waals surface area contributed by atoms with Crippen molar-refractivity contribution < 1.29 is 14.3 Å². The first-order valence-corrected chi connectivity index (χ1v) is 4.81. The lowest BCUT2D eigenvalue weighted by molar-refractivity contribution is -0.124. The number of aliphatic hydroxyl groups excluding tert-OH is 1. The fourth-order valence-electron chi connectivity index (χ4n) is 1.68. The zero-order valence-corrected chi connectivity index (χ0v) is 8.11. The van der Waals surface area contributed by atoms with Crippen LogP contribution in [0.15, 0.2) is 30.3 Å². The molecule has 0 aromatic heterocycles. The molecule has 3 nitrogen and oxygen atoms in total. The van der Waals surface area contributed by atoms with Gasteiger partial charge in [0.15, 0.2) is 5.67 Å². The Morgan fingerprint density at radius 3 is 2.80 bits per heavy atom. The maximum atomic E-state index is 14.1. The predicted molar refractivity (Wildman–Crippen MR) is 52.9 cm³/mol.